The Balaban J connectivity index is 1.88. The Morgan fingerprint density at radius 3 is 2.89 bits per heavy atom. The maximum Gasteiger partial charge on any atom is 0.217 e. The predicted octanol–water partition coefficient (Wildman–Crippen LogP) is 3.00. The zero-order valence-corrected chi connectivity index (χ0v) is 11.6. The van der Waals surface area contributed by atoms with E-state index in [1.165, 1.54) is 19.3 Å². The zero-order valence-electron chi connectivity index (χ0n) is 11.6. The molecule has 1 heterocycles. The van der Waals surface area contributed by atoms with E-state index in [-0.39, 0.29) is 0 Å². The number of hydrogen-bond acceptors (Lipinski definition) is 3. The van der Waals surface area contributed by atoms with Crippen molar-refractivity contribution < 1.29 is 4.74 Å². The first-order valence-corrected chi connectivity index (χ1v) is 6.92. The zero-order chi connectivity index (χ0) is 13.0. The number of rotatable bonds is 4. The van der Waals surface area contributed by atoms with Crippen LogP contribution in [-0.4, -0.2) is 18.1 Å². The van der Waals surface area contributed by atoms with Crippen LogP contribution >= 0.6 is 0 Å². The standard InChI is InChI=1S/C15H24N2O/c1-11-6-7-14(9-12(11)2)17-10-13-5-4-8-16-15(13)18-3/h4-5,8,11-12,14,17H,6-7,9-10H2,1-3H3. The molecule has 1 aromatic rings. The Morgan fingerprint density at radius 1 is 1.33 bits per heavy atom. The summed E-state index contributed by atoms with van der Waals surface area (Å²) in [6.45, 7) is 5.58. The summed E-state index contributed by atoms with van der Waals surface area (Å²) in [4.78, 5) is 4.23. The number of methoxy groups -OCH3 is 1. The average molecular weight is 248 g/mol. The fourth-order valence-corrected chi connectivity index (χ4v) is 2.73. The van der Waals surface area contributed by atoms with Crippen molar-refractivity contribution in [3.8, 4) is 5.88 Å². The highest BCUT2D eigenvalue weighted by molar-refractivity contribution is 5.25. The molecule has 1 aliphatic carbocycles. The molecule has 2 rings (SSSR count). The minimum atomic E-state index is 0.640. The molecule has 3 heteroatoms. The van der Waals surface area contributed by atoms with Gasteiger partial charge >= 0.3 is 0 Å². The first-order chi connectivity index (χ1) is 8.70. The van der Waals surface area contributed by atoms with Gasteiger partial charge in [-0.05, 0) is 37.2 Å². The molecule has 0 bridgehead atoms. The summed E-state index contributed by atoms with van der Waals surface area (Å²) < 4.78 is 5.27. The van der Waals surface area contributed by atoms with E-state index in [2.05, 4.69) is 30.2 Å². The molecule has 1 aliphatic rings. The molecular formula is C15H24N2O. The third-order valence-electron chi connectivity index (χ3n) is 4.22. The Hall–Kier alpha value is -1.09. The molecule has 0 aromatic carbocycles. The predicted molar refractivity (Wildman–Crippen MR) is 73.6 cm³/mol. The average Bonchev–Trinajstić information content (AvgIpc) is 2.40. The van der Waals surface area contributed by atoms with Crippen molar-refractivity contribution >= 4 is 0 Å². The fraction of sp³-hybridized carbons (Fsp3) is 0.667. The van der Waals surface area contributed by atoms with Gasteiger partial charge in [-0.2, -0.15) is 0 Å². The molecule has 0 radical (unpaired) electrons. The second-order valence-corrected chi connectivity index (χ2v) is 5.52. The smallest absolute Gasteiger partial charge is 0.217 e. The SMILES string of the molecule is COc1ncccc1CNC1CCC(C)C(C)C1. The number of ether oxygens (including phenoxy) is 1. The van der Waals surface area contributed by atoms with Crippen LogP contribution < -0.4 is 10.1 Å². The number of aromatic nitrogens is 1. The Kier molecular flexibility index (Phi) is 4.59. The van der Waals surface area contributed by atoms with Crippen LogP contribution in [0.4, 0.5) is 0 Å². The van der Waals surface area contributed by atoms with E-state index < -0.39 is 0 Å². The summed E-state index contributed by atoms with van der Waals surface area (Å²) in [5, 5.41) is 3.64. The maximum atomic E-state index is 5.27. The van der Waals surface area contributed by atoms with Crippen LogP contribution in [0.15, 0.2) is 18.3 Å². The van der Waals surface area contributed by atoms with Gasteiger partial charge in [0.2, 0.25) is 5.88 Å². The Bertz CT molecular complexity index is 381. The molecule has 1 fully saturated rings. The normalized spacial score (nSPS) is 28.1. The molecule has 0 aliphatic heterocycles. The lowest BCUT2D eigenvalue weighted by Gasteiger charge is -2.32. The van der Waals surface area contributed by atoms with Crippen molar-refractivity contribution in [3.63, 3.8) is 0 Å². The highest BCUT2D eigenvalue weighted by Gasteiger charge is 2.24. The summed E-state index contributed by atoms with van der Waals surface area (Å²) in [5.41, 5.74) is 1.14. The second-order valence-electron chi connectivity index (χ2n) is 5.52. The van der Waals surface area contributed by atoms with Crippen LogP contribution in [0.5, 0.6) is 5.88 Å². The lowest BCUT2D eigenvalue weighted by Crippen LogP contribution is -2.35. The summed E-state index contributed by atoms with van der Waals surface area (Å²) in [5.74, 6) is 2.44. The minimum Gasteiger partial charge on any atom is -0.481 e. The van der Waals surface area contributed by atoms with Gasteiger partial charge in [0.15, 0.2) is 0 Å². The van der Waals surface area contributed by atoms with E-state index in [9.17, 15) is 0 Å². The third-order valence-corrected chi connectivity index (χ3v) is 4.22. The summed E-state index contributed by atoms with van der Waals surface area (Å²) in [6, 6.07) is 4.68. The molecular weight excluding hydrogens is 224 g/mol. The molecule has 3 unspecified atom stereocenters. The molecule has 0 spiro atoms. The largest absolute Gasteiger partial charge is 0.481 e. The van der Waals surface area contributed by atoms with Crippen molar-refractivity contribution in [2.45, 2.75) is 45.7 Å². The topological polar surface area (TPSA) is 34.1 Å². The summed E-state index contributed by atoms with van der Waals surface area (Å²) >= 11 is 0. The van der Waals surface area contributed by atoms with E-state index in [0.29, 0.717) is 6.04 Å². The number of pyridine rings is 1. The molecule has 0 saturated heterocycles. The summed E-state index contributed by atoms with van der Waals surface area (Å²) in [7, 11) is 1.68. The van der Waals surface area contributed by atoms with E-state index in [1.807, 2.05) is 6.07 Å². The molecule has 1 N–H and O–H groups in total. The van der Waals surface area contributed by atoms with Crippen LogP contribution in [0.1, 0.15) is 38.7 Å². The van der Waals surface area contributed by atoms with Gasteiger partial charge in [0, 0.05) is 24.3 Å². The van der Waals surface area contributed by atoms with E-state index in [4.69, 9.17) is 4.74 Å². The van der Waals surface area contributed by atoms with Crippen LogP contribution in [0, 0.1) is 11.8 Å². The molecule has 1 aromatic heterocycles. The minimum absolute atomic E-state index is 0.640. The highest BCUT2D eigenvalue weighted by Crippen LogP contribution is 2.29. The maximum absolute atomic E-state index is 5.27. The van der Waals surface area contributed by atoms with Crippen LogP contribution in [-0.2, 0) is 6.54 Å². The van der Waals surface area contributed by atoms with Crippen molar-refractivity contribution in [1.82, 2.24) is 10.3 Å². The van der Waals surface area contributed by atoms with Crippen molar-refractivity contribution in [2.75, 3.05) is 7.11 Å². The van der Waals surface area contributed by atoms with Crippen LogP contribution in [0.2, 0.25) is 0 Å². The highest BCUT2D eigenvalue weighted by atomic mass is 16.5. The first kappa shape index (κ1) is 13.3. The van der Waals surface area contributed by atoms with Gasteiger partial charge in [-0.1, -0.05) is 19.9 Å². The molecule has 1 saturated carbocycles. The van der Waals surface area contributed by atoms with Gasteiger partial charge in [-0.15, -0.1) is 0 Å². The quantitative estimate of drug-likeness (QED) is 0.889. The summed E-state index contributed by atoms with van der Waals surface area (Å²) in [6.07, 6.45) is 5.67. The lowest BCUT2D eigenvalue weighted by atomic mass is 9.79. The van der Waals surface area contributed by atoms with E-state index in [1.54, 1.807) is 13.3 Å². The number of nitrogens with one attached hydrogen (secondary N) is 1. The third kappa shape index (κ3) is 3.22. The van der Waals surface area contributed by atoms with E-state index in [0.717, 1.165) is 29.8 Å². The van der Waals surface area contributed by atoms with E-state index >= 15 is 0 Å². The first-order valence-electron chi connectivity index (χ1n) is 6.92. The van der Waals surface area contributed by atoms with Crippen LogP contribution in [0.25, 0.3) is 0 Å². The van der Waals surface area contributed by atoms with Crippen molar-refractivity contribution in [2.24, 2.45) is 11.8 Å². The molecule has 3 nitrogen and oxygen atoms in total. The number of nitrogens with zero attached hydrogens (tertiary/aromatic N) is 1. The van der Waals surface area contributed by atoms with Gasteiger partial charge in [-0.3, -0.25) is 0 Å². The van der Waals surface area contributed by atoms with Gasteiger partial charge in [-0.25, -0.2) is 4.98 Å². The second kappa shape index (κ2) is 6.19. The van der Waals surface area contributed by atoms with Gasteiger partial charge in [0.1, 0.15) is 0 Å². The van der Waals surface area contributed by atoms with Crippen molar-refractivity contribution in [1.29, 1.82) is 0 Å². The molecule has 3 atom stereocenters. The van der Waals surface area contributed by atoms with Gasteiger partial charge < -0.3 is 10.1 Å². The molecule has 100 valence electrons. The lowest BCUT2D eigenvalue weighted by molar-refractivity contribution is 0.225. The Labute approximate surface area is 110 Å². The Morgan fingerprint density at radius 2 is 2.17 bits per heavy atom. The van der Waals surface area contributed by atoms with Gasteiger partial charge in [0.25, 0.3) is 0 Å². The molecule has 0 amide bonds. The monoisotopic (exact) mass is 248 g/mol. The van der Waals surface area contributed by atoms with Crippen LogP contribution in [0.3, 0.4) is 0 Å². The molecule has 18 heavy (non-hydrogen) atoms. The number of hydrogen-bond donors (Lipinski definition) is 1. The van der Waals surface area contributed by atoms with Crippen molar-refractivity contribution in [3.05, 3.63) is 23.9 Å². The van der Waals surface area contributed by atoms with Gasteiger partial charge in [0.05, 0.1) is 7.11 Å². The fourth-order valence-electron chi connectivity index (χ4n) is 2.73.